The predicted molar refractivity (Wildman–Crippen MR) is 84.0 cm³/mol. The Bertz CT molecular complexity index is 668. The van der Waals surface area contributed by atoms with Crippen LogP contribution in [-0.4, -0.2) is 9.55 Å². The second kappa shape index (κ2) is 5.51. The Labute approximate surface area is 122 Å². The van der Waals surface area contributed by atoms with Crippen LogP contribution in [0.25, 0.3) is 0 Å². The maximum absolute atomic E-state index is 5.75. The quantitative estimate of drug-likeness (QED) is 0.742. The first kappa shape index (κ1) is 12.9. The molecule has 2 aromatic heterocycles. The third-order valence-electron chi connectivity index (χ3n) is 3.38. The first-order chi connectivity index (χ1) is 9.72. The van der Waals surface area contributed by atoms with Crippen molar-refractivity contribution in [3.05, 3.63) is 70.4 Å². The molecule has 2 heterocycles. The molecule has 0 bridgehead atoms. The number of aromatic nitrogens is 2. The van der Waals surface area contributed by atoms with Crippen LogP contribution in [0.5, 0.6) is 0 Å². The summed E-state index contributed by atoms with van der Waals surface area (Å²) in [6.45, 7) is 2.14. The molecule has 0 aliphatic carbocycles. The summed E-state index contributed by atoms with van der Waals surface area (Å²) in [6.07, 6.45) is 6.68. The Morgan fingerprint density at radius 1 is 1.20 bits per heavy atom. The molecule has 3 nitrogen and oxygen atoms in total. The number of nitrogens with two attached hydrogens (primary N) is 1. The molecule has 0 fully saturated rings. The number of nitrogens with zero attached hydrogens (tertiary/aromatic N) is 2. The van der Waals surface area contributed by atoms with E-state index in [-0.39, 0.29) is 0 Å². The molecule has 0 saturated heterocycles. The third kappa shape index (κ3) is 2.75. The van der Waals surface area contributed by atoms with Crippen molar-refractivity contribution in [2.45, 2.75) is 19.4 Å². The van der Waals surface area contributed by atoms with Crippen LogP contribution in [0.1, 0.15) is 21.4 Å². The minimum absolute atomic E-state index is 0.292. The predicted octanol–water partition coefficient (Wildman–Crippen LogP) is 3.67. The maximum Gasteiger partial charge on any atom is 0.0952 e. The van der Waals surface area contributed by atoms with Crippen molar-refractivity contribution in [2.24, 2.45) is 0 Å². The zero-order valence-electron chi connectivity index (χ0n) is 11.4. The van der Waals surface area contributed by atoms with E-state index in [9.17, 15) is 0 Å². The van der Waals surface area contributed by atoms with Crippen LogP contribution in [0.15, 0.2) is 55.1 Å². The van der Waals surface area contributed by atoms with E-state index in [4.69, 9.17) is 5.73 Å². The number of thiophene rings is 1. The molecule has 20 heavy (non-hydrogen) atoms. The first-order valence-electron chi connectivity index (χ1n) is 6.60. The minimum Gasteiger partial charge on any atom is -0.399 e. The molecule has 0 aliphatic heterocycles. The van der Waals surface area contributed by atoms with Crippen molar-refractivity contribution in [1.29, 1.82) is 0 Å². The van der Waals surface area contributed by atoms with Crippen molar-refractivity contribution in [2.75, 3.05) is 5.73 Å². The molecule has 0 spiro atoms. The molecular formula is C16H17N3S. The summed E-state index contributed by atoms with van der Waals surface area (Å²) >= 11 is 1.84. The van der Waals surface area contributed by atoms with Gasteiger partial charge in [0.15, 0.2) is 0 Å². The lowest BCUT2D eigenvalue weighted by atomic mass is 10.0. The minimum atomic E-state index is 0.292. The average Bonchev–Trinajstić information content (AvgIpc) is 3.09. The Kier molecular flexibility index (Phi) is 3.56. The molecule has 4 heteroatoms. The summed E-state index contributed by atoms with van der Waals surface area (Å²) in [7, 11) is 0. The number of anilines is 1. The van der Waals surface area contributed by atoms with Gasteiger partial charge in [-0.15, -0.1) is 11.3 Å². The highest BCUT2D eigenvalue weighted by Crippen LogP contribution is 2.29. The van der Waals surface area contributed by atoms with Crippen LogP contribution in [0.3, 0.4) is 0 Å². The van der Waals surface area contributed by atoms with Gasteiger partial charge in [-0.05, 0) is 43.2 Å². The van der Waals surface area contributed by atoms with Crippen LogP contribution in [0.4, 0.5) is 5.69 Å². The molecule has 2 N–H and O–H groups in total. The van der Waals surface area contributed by atoms with Crippen LogP contribution >= 0.6 is 11.3 Å². The number of benzene rings is 1. The lowest BCUT2D eigenvalue weighted by Crippen LogP contribution is -2.10. The first-order valence-corrected chi connectivity index (χ1v) is 7.42. The van der Waals surface area contributed by atoms with E-state index in [0.29, 0.717) is 6.04 Å². The van der Waals surface area contributed by atoms with E-state index in [0.717, 1.165) is 12.1 Å². The van der Waals surface area contributed by atoms with Gasteiger partial charge in [-0.3, -0.25) is 0 Å². The number of hydrogen-bond donors (Lipinski definition) is 1. The zero-order valence-corrected chi connectivity index (χ0v) is 12.2. The fourth-order valence-electron chi connectivity index (χ4n) is 2.32. The van der Waals surface area contributed by atoms with Crippen molar-refractivity contribution in [3.63, 3.8) is 0 Å². The van der Waals surface area contributed by atoms with E-state index in [1.54, 1.807) is 0 Å². The van der Waals surface area contributed by atoms with Crippen LogP contribution in [-0.2, 0) is 6.42 Å². The highest BCUT2D eigenvalue weighted by molar-refractivity contribution is 7.12. The average molecular weight is 283 g/mol. The largest absolute Gasteiger partial charge is 0.399 e. The van der Waals surface area contributed by atoms with Gasteiger partial charge < -0.3 is 10.3 Å². The molecule has 1 aromatic carbocycles. The summed E-state index contributed by atoms with van der Waals surface area (Å²) in [6, 6.07) is 12.8. The molecule has 1 unspecified atom stereocenters. The molecule has 3 rings (SSSR count). The second-order valence-corrected chi connectivity index (χ2v) is 6.24. The summed E-state index contributed by atoms with van der Waals surface area (Å²) in [4.78, 5) is 6.87. The topological polar surface area (TPSA) is 43.8 Å². The van der Waals surface area contributed by atoms with Crippen molar-refractivity contribution < 1.29 is 0 Å². The fourth-order valence-corrected chi connectivity index (χ4v) is 3.30. The third-order valence-corrected chi connectivity index (χ3v) is 4.49. The molecule has 102 valence electrons. The highest BCUT2D eigenvalue weighted by atomic mass is 32.1. The van der Waals surface area contributed by atoms with Crippen molar-refractivity contribution in [3.8, 4) is 0 Å². The zero-order chi connectivity index (χ0) is 13.9. The van der Waals surface area contributed by atoms with E-state index in [1.165, 1.54) is 15.3 Å². The van der Waals surface area contributed by atoms with E-state index in [1.807, 2.05) is 42.2 Å². The van der Waals surface area contributed by atoms with Gasteiger partial charge in [0.1, 0.15) is 0 Å². The Morgan fingerprint density at radius 3 is 2.60 bits per heavy atom. The van der Waals surface area contributed by atoms with Crippen LogP contribution in [0.2, 0.25) is 0 Å². The van der Waals surface area contributed by atoms with Gasteiger partial charge in [0.2, 0.25) is 0 Å². The van der Waals surface area contributed by atoms with Gasteiger partial charge >= 0.3 is 0 Å². The highest BCUT2D eigenvalue weighted by Gasteiger charge is 2.15. The van der Waals surface area contributed by atoms with Gasteiger partial charge in [-0.2, -0.15) is 0 Å². The van der Waals surface area contributed by atoms with Gasteiger partial charge in [-0.25, -0.2) is 4.98 Å². The van der Waals surface area contributed by atoms with Crippen molar-refractivity contribution in [1.82, 2.24) is 9.55 Å². The van der Waals surface area contributed by atoms with E-state index < -0.39 is 0 Å². The molecule has 0 radical (unpaired) electrons. The number of aryl methyl sites for hydroxylation is 1. The lowest BCUT2D eigenvalue weighted by molar-refractivity contribution is 0.590. The standard InChI is InChI=1S/C16H17N3S/c1-12-2-7-16(20-12)15(19-9-8-18-11-19)10-13-3-5-14(17)6-4-13/h2-9,11,15H,10,17H2,1H3. The summed E-state index contributed by atoms with van der Waals surface area (Å²) in [5.41, 5.74) is 7.84. The normalized spacial score (nSPS) is 12.4. The summed E-state index contributed by atoms with van der Waals surface area (Å²) in [5.74, 6) is 0. The smallest absolute Gasteiger partial charge is 0.0952 e. The lowest BCUT2D eigenvalue weighted by Gasteiger charge is -2.17. The summed E-state index contributed by atoms with van der Waals surface area (Å²) < 4.78 is 2.17. The number of rotatable bonds is 4. The number of imidazole rings is 1. The van der Waals surface area contributed by atoms with Gasteiger partial charge in [-0.1, -0.05) is 12.1 Å². The van der Waals surface area contributed by atoms with Gasteiger partial charge in [0.25, 0.3) is 0 Å². The van der Waals surface area contributed by atoms with Crippen LogP contribution in [0, 0.1) is 6.92 Å². The molecule has 3 aromatic rings. The van der Waals surface area contributed by atoms with E-state index in [2.05, 4.69) is 40.7 Å². The van der Waals surface area contributed by atoms with Crippen molar-refractivity contribution >= 4 is 17.0 Å². The fraction of sp³-hybridized carbons (Fsp3) is 0.188. The number of nitrogen functional groups attached to an aromatic ring is 1. The summed E-state index contributed by atoms with van der Waals surface area (Å²) in [5, 5.41) is 0. The van der Waals surface area contributed by atoms with E-state index >= 15 is 0 Å². The molecule has 0 aliphatic rings. The Hall–Kier alpha value is -2.07. The molecule has 0 saturated carbocycles. The van der Waals surface area contributed by atoms with Gasteiger partial charge in [0, 0.05) is 27.8 Å². The monoisotopic (exact) mass is 283 g/mol. The maximum atomic E-state index is 5.75. The number of hydrogen-bond acceptors (Lipinski definition) is 3. The molecule has 0 amide bonds. The second-order valence-electron chi connectivity index (χ2n) is 4.92. The Balaban J connectivity index is 1.92. The van der Waals surface area contributed by atoms with Crippen LogP contribution < -0.4 is 5.73 Å². The van der Waals surface area contributed by atoms with Gasteiger partial charge in [0.05, 0.1) is 12.4 Å². The molecular weight excluding hydrogens is 266 g/mol. The Morgan fingerprint density at radius 2 is 2.00 bits per heavy atom. The SMILES string of the molecule is Cc1ccc(C(Cc2ccc(N)cc2)n2ccnc2)s1. The molecule has 1 atom stereocenters.